The van der Waals surface area contributed by atoms with Gasteiger partial charge in [0.2, 0.25) is 17.6 Å². The Labute approximate surface area is 259 Å². The molecule has 4 amide bonds. The molecular weight excluding hydrogens is 560 g/mol. The smallest absolute Gasteiger partial charge is 0.408 e. The van der Waals surface area contributed by atoms with Gasteiger partial charge in [0.15, 0.2) is 0 Å². The Bertz CT molecular complexity index is 1280. The fourth-order valence-electron chi connectivity index (χ4n) is 7.75. The van der Waals surface area contributed by atoms with Gasteiger partial charge < -0.3 is 25.6 Å². The van der Waals surface area contributed by atoms with Crippen molar-refractivity contribution in [3.8, 4) is 0 Å². The third-order valence-electron chi connectivity index (χ3n) is 10.3. The monoisotopic (exact) mass is 606 g/mol. The van der Waals surface area contributed by atoms with Gasteiger partial charge in [-0.2, -0.15) is 0 Å². The average molecular weight is 607 g/mol. The molecule has 4 aliphatic rings. The zero-order valence-corrected chi connectivity index (χ0v) is 26.1. The van der Waals surface area contributed by atoms with E-state index in [1.807, 2.05) is 31.2 Å². The van der Waals surface area contributed by atoms with Crippen molar-refractivity contribution in [3.05, 3.63) is 48.0 Å². The molecule has 0 spiro atoms. The summed E-state index contributed by atoms with van der Waals surface area (Å²) in [6.07, 6.45) is 6.52. The standard InChI is InChI=1S/C34H46N4O6/c1-5-11-25(29(39)31(41)35-16-6-2)36-30(40)28-26-24(34(26,3)4)19-38(28)32(42)27(37-33(43)44-23-14-9-10-15-23)22-17-20-12-7-8-13-21(20)18-22/h6-8,12-13,22-28H,2,5,9-11,14-19H2,1,3-4H3,(H,35,41)(H,36,40)(H,37,43)/t24?,25?,26?,27?,28-/m0/s1. The van der Waals surface area contributed by atoms with Crippen LogP contribution in [0.5, 0.6) is 0 Å². The Morgan fingerprint density at radius 2 is 1.73 bits per heavy atom. The van der Waals surface area contributed by atoms with Crippen LogP contribution in [0.4, 0.5) is 4.79 Å². The number of nitrogens with zero attached hydrogens (tertiary/aromatic N) is 1. The number of ketones is 1. The number of Topliss-reactive ketones (excluding diaryl/α,β-unsaturated/α-hetero) is 1. The number of ether oxygens (including phenoxy) is 1. The quantitative estimate of drug-likeness (QED) is 0.247. The minimum absolute atomic E-state index is 0.0923. The number of fused-ring (bicyclic) bond motifs is 2. The predicted octanol–water partition coefficient (Wildman–Crippen LogP) is 3.08. The Kier molecular flexibility index (Phi) is 9.46. The predicted molar refractivity (Wildman–Crippen MR) is 164 cm³/mol. The van der Waals surface area contributed by atoms with Crippen molar-refractivity contribution in [2.75, 3.05) is 13.1 Å². The molecule has 1 aromatic rings. The van der Waals surface area contributed by atoms with Crippen molar-refractivity contribution in [1.29, 1.82) is 0 Å². The molecular formula is C34H46N4O6. The van der Waals surface area contributed by atoms with Crippen LogP contribution < -0.4 is 16.0 Å². The van der Waals surface area contributed by atoms with Gasteiger partial charge >= 0.3 is 6.09 Å². The van der Waals surface area contributed by atoms with E-state index in [0.29, 0.717) is 32.2 Å². The van der Waals surface area contributed by atoms with Crippen LogP contribution in [-0.4, -0.2) is 71.8 Å². The second-order valence-electron chi connectivity index (χ2n) is 13.5. The van der Waals surface area contributed by atoms with E-state index in [0.717, 1.165) is 36.8 Å². The molecule has 0 radical (unpaired) electrons. The first-order valence-electron chi connectivity index (χ1n) is 16.1. The van der Waals surface area contributed by atoms with Gasteiger partial charge in [-0.1, -0.05) is 57.5 Å². The third-order valence-corrected chi connectivity index (χ3v) is 10.3. The topological polar surface area (TPSA) is 134 Å². The molecule has 3 fully saturated rings. The maximum atomic E-state index is 14.5. The summed E-state index contributed by atoms with van der Waals surface area (Å²) >= 11 is 0. The first-order chi connectivity index (χ1) is 21.1. The van der Waals surface area contributed by atoms with E-state index in [2.05, 4.69) is 36.4 Å². The van der Waals surface area contributed by atoms with Crippen LogP contribution in [-0.2, 0) is 36.8 Å². The zero-order chi connectivity index (χ0) is 31.6. The summed E-state index contributed by atoms with van der Waals surface area (Å²) in [6, 6.07) is 5.36. The minimum Gasteiger partial charge on any atom is -0.446 e. The SMILES string of the molecule is C=CCNC(=O)C(=O)C(CCC)NC(=O)[C@@H]1C2C(CN1C(=O)C(NC(=O)OC1CCCC1)C1Cc3ccccc3C1)C2(C)C. The lowest BCUT2D eigenvalue weighted by atomic mass is 9.93. The van der Waals surface area contributed by atoms with Crippen LogP contribution in [0.2, 0.25) is 0 Å². The van der Waals surface area contributed by atoms with Crippen molar-refractivity contribution >= 4 is 29.6 Å². The highest BCUT2D eigenvalue weighted by molar-refractivity contribution is 6.38. The molecule has 10 heteroatoms. The van der Waals surface area contributed by atoms with Gasteiger partial charge in [0, 0.05) is 13.1 Å². The fraction of sp³-hybridized carbons (Fsp3) is 0.618. The molecule has 44 heavy (non-hydrogen) atoms. The van der Waals surface area contributed by atoms with Gasteiger partial charge in [-0.25, -0.2) is 4.79 Å². The molecule has 3 aliphatic carbocycles. The van der Waals surface area contributed by atoms with Crippen LogP contribution in [0.25, 0.3) is 0 Å². The highest BCUT2D eigenvalue weighted by Gasteiger charge is 2.69. The lowest BCUT2D eigenvalue weighted by molar-refractivity contribution is -0.144. The van der Waals surface area contributed by atoms with Gasteiger partial charge in [-0.3, -0.25) is 19.2 Å². The van der Waals surface area contributed by atoms with E-state index < -0.39 is 41.8 Å². The molecule has 1 saturated heterocycles. The number of hydrogen-bond acceptors (Lipinski definition) is 6. The van der Waals surface area contributed by atoms with Gasteiger partial charge in [0.05, 0.1) is 6.04 Å². The summed E-state index contributed by atoms with van der Waals surface area (Å²) < 4.78 is 5.70. The summed E-state index contributed by atoms with van der Waals surface area (Å²) in [5.41, 5.74) is 2.14. The van der Waals surface area contributed by atoms with Crippen molar-refractivity contribution in [2.24, 2.45) is 23.2 Å². The number of amides is 4. The second kappa shape index (κ2) is 13.1. The molecule has 4 unspecified atom stereocenters. The number of rotatable bonds is 12. The Hall–Kier alpha value is -3.69. The van der Waals surface area contributed by atoms with Crippen molar-refractivity contribution in [2.45, 2.75) is 96.4 Å². The molecule has 0 bridgehead atoms. The van der Waals surface area contributed by atoms with Gasteiger partial charge in [0.25, 0.3) is 5.91 Å². The number of nitrogens with one attached hydrogen (secondary N) is 3. The molecule has 5 atom stereocenters. The molecule has 2 saturated carbocycles. The number of carbonyl (C=O) groups is 5. The third kappa shape index (κ3) is 6.40. The number of alkyl carbamates (subject to hydrolysis) is 1. The van der Waals surface area contributed by atoms with Crippen molar-refractivity contribution in [1.82, 2.24) is 20.9 Å². The van der Waals surface area contributed by atoms with Gasteiger partial charge in [0.1, 0.15) is 18.2 Å². The average Bonchev–Trinajstić information content (AvgIpc) is 3.57. The fourth-order valence-corrected chi connectivity index (χ4v) is 7.75. The minimum atomic E-state index is -1.00. The van der Waals surface area contributed by atoms with Crippen LogP contribution in [0, 0.1) is 23.2 Å². The first-order valence-corrected chi connectivity index (χ1v) is 16.1. The Morgan fingerprint density at radius 3 is 2.34 bits per heavy atom. The molecule has 1 heterocycles. The Balaban J connectivity index is 1.36. The van der Waals surface area contributed by atoms with Crippen molar-refractivity contribution in [3.63, 3.8) is 0 Å². The summed E-state index contributed by atoms with van der Waals surface area (Å²) in [5.74, 6) is -2.41. The van der Waals surface area contributed by atoms with Gasteiger partial charge in [-0.05, 0) is 79.2 Å². The second-order valence-corrected chi connectivity index (χ2v) is 13.5. The van der Waals surface area contributed by atoms with E-state index in [4.69, 9.17) is 4.74 Å². The summed E-state index contributed by atoms with van der Waals surface area (Å²) in [5, 5.41) is 8.24. The van der Waals surface area contributed by atoms with E-state index in [-0.39, 0.29) is 41.7 Å². The maximum Gasteiger partial charge on any atom is 0.408 e. The van der Waals surface area contributed by atoms with Crippen LogP contribution in [0.15, 0.2) is 36.9 Å². The maximum absolute atomic E-state index is 14.5. The summed E-state index contributed by atoms with van der Waals surface area (Å²) in [4.78, 5) is 68.6. The molecule has 5 rings (SSSR count). The first kappa shape index (κ1) is 31.7. The number of benzene rings is 1. The molecule has 0 aromatic heterocycles. The lowest BCUT2D eigenvalue weighted by Crippen LogP contribution is -2.59. The number of likely N-dealkylation sites (tertiary alicyclic amines) is 1. The summed E-state index contributed by atoms with van der Waals surface area (Å²) in [7, 11) is 0. The summed E-state index contributed by atoms with van der Waals surface area (Å²) in [6.45, 7) is 10.1. The van der Waals surface area contributed by atoms with Gasteiger partial charge in [-0.15, -0.1) is 6.58 Å². The number of carbonyl (C=O) groups excluding carboxylic acids is 5. The van der Waals surface area contributed by atoms with Crippen LogP contribution in [0.1, 0.15) is 70.4 Å². The Morgan fingerprint density at radius 1 is 1.07 bits per heavy atom. The van der Waals surface area contributed by atoms with E-state index in [9.17, 15) is 24.0 Å². The molecule has 3 N–H and O–H groups in total. The lowest BCUT2D eigenvalue weighted by Gasteiger charge is -2.35. The van der Waals surface area contributed by atoms with E-state index >= 15 is 0 Å². The highest BCUT2D eigenvalue weighted by atomic mass is 16.6. The van der Waals surface area contributed by atoms with Crippen LogP contribution in [0.3, 0.4) is 0 Å². The zero-order valence-electron chi connectivity index (χ0n) is 26.1. The van der Waals surface area contributed by atoms with E-state index in [1.165, 1.54) is 6.08 Å². The van der Waals surface area contributed by atoms with E-state index in [1.54, 1.807) is 4.90 Å². The molecule has 1 aliphatic heterocycles. The van der Waals surface area contributed by atoms with Crippen LogP contribution >= 0.6 is 0 Å². The normalized spacial score (nSPS) is 24.9. The van der Waals surface area contributed by atoms with Crippen molar-refractivity contribution < 1.29 is 28.7 Å². The largest absolute Gasteiger partial charge is 0.446 e. The molecule has 10 nitrogen and oxygen atoms in total. The highest BCUT2D eigenvalue weighted by Crippen LogP contribution is 2.65. The number of hydrogen-bond donors (Lipinski definition) is 3. The molecule has 1 aromatic carbocycles. The molecule has 238 valence electrons. The number of piperidine rings is 1.